The molecule has 0 bridgehead atoms. The number of hydrogen-bond acceptors (Lipinski definition) is 6. The fraction of sp³-hybridized carbons (Fsp3) is 0.778. The van der Waals surface area contributed by atoms with Crippen LogP contribution in [0.3, 0.4) is 0 Å². The van der Waals surface area contributed by atoms with Crippen molar-refractivity contribution >= 4 is 11.6 Å². The summed E-state index contributed by atoms with van der Waals surface area (Å²) in [6.45, 7) is 4.53. The molecule has 0 radical (unpaired) electrons. The van der Waals surface area contributed by atoms with Crippen LogP contribution in [0.1, 0.15) is 32.1 Å². The van der Waals surface area contributed by atoms with Gasteiger partial charge in [-0.3, -0.25) is 0 Å². The van der Waals surface area contributed by atoms with Crippen molar-refractivity contribution in [1.82, 2.24) is 14.9 Å². The van der Waals surface area contributed by atoms with Gasteiger partial charge in [-0.25, -0.2) is 9.97 Å². The lowest BCUT2D eigenvalue weighted by molar-refractivity contribution is 0.266. The van der Waals surface area contributed by atoms with Crippen molar-refractivity contribution in [1.29, 1.82) is 0 Å². The standard InChI is InChI=1S/C18H31N5O/c1-21(2)9-5-15-6-10-22(11-7-15)17-12-18(20-14-19-17)23-8-3-4-16(23)13-24/h12,14-16,24H,3-11,13H2,1-2H3/t16-/m0/s1. The van der Waals surface area contributed by atoms with Crippen LogP contribution in [0.25, 0.3) is 0 Å². The number of aliphatic hydroxyl groups is 1. The molecule has 6 heteroatoms. The first kappa shape index (κ1) is 17.4. The lowest BCUT2D eigenvalue weighted by Gasteiger charge is -2.34. The van der Waals surface area contributed by atoms with Crippen LogP contribution in [0.4, 0.5) is 11.6 Å². The van der Waals surface area contributed by atoms with Gasteiger partial charge in [0.1, 0.15) is 18.0 Å². The predicted molar refractivity (Wildman–Crippen MR) is 97.6 cm³/mol. The van der Waals surface area contributed by atoms with Crippen LogP contribution >= 0.6 is 0 Å². The van der Waals surface area contributed by atoms with Crippen LogP contribution in [0, 0.1) is 5.92 Å². The maximum Gasteiger partial charge on any atom is 0.134 e. The zero-order valence-corrected chi connectivity index (χ0v) is 15.1. The van der Waals surface area contributed by atoms with Crippen LogP contribution in [0.5, 0.6) is 0 Å². The van der Waals surface area contributed by atoms with Gasteiger partial charge in [0.2, 0.25) is 0 Å². The number of anilines is 2. The average molecular weight is 333 g/mol. The fourth-order valence-corrected chi connectivity index (χ4v) is 3.89. The van der Waals surface area contributed by atoms with E-state index in [1.54, 1.807) is 6.33 Å². The Morgan fingerprint density at radius 3 is 2.58 bits per heavy atom. The highest BCUT2D eigenvalue weighted by Gasteiger charge is 2.26. The molecule has 1 atom stereocenters. The van der Waals surface area contributed by atoms with Crippen molar-refractivity contribution in [2.24, 2.45) is 5.92 Å². The molecule has 6 nitrogen and oxygen atoms in total. The average Bonchev–Trinajstić information content (AvgIpc) is 3.09. The van der Waals surface area contributed by atoms with E-state index in [-0.39, 0.29) is 12.6 Å². The predicted octanol–water partition coefficient (Wildman–Crippen LogP) is 1.61. The van der Waals surface area contributed by atoms with Crippen molar-refractivity contribution < 1.29 is 5.11 Å². The second-order valence-electron chi connectivity index (χ2n) is 7.43. The zero-order chi connectivity index (χ0) is 16.9. The largest absolute Gasteiger partial charge is 0.394 e. The van der Waals surface area contributed by atoms with Crippen molar-refractivity contribution in [3.05, 3.63) is 12.4 Å². The van der Waals surface area contributed by atoms with E-state index in [2.05, 4.69) is 44.8 Å². The van der Waals surface area contributed by atoms with Gasteiger partial charge in [0, 0.05) is 25.7 Å². The lowest BCUT2D eigenvalue weighted by atomic mass is 9.93. The third-order valence-electron chi connectivity index (χ3n) is 5.44. The van der Waals surface area contributed by atoms with Gasteiger partial charge in [-0.05, 0) is 58.7 Å². The SMILES string of the molecule is CN(C)CCC1CCN(c2cc(N3CCC[C@H]3CO)ncn2)CC1. The van der Waals surface area contributed by atoms with E-state index in [1.807, 2.05) is 0 Å². The van der Waals surface area contributed by atoms with Crippen LogP contribution in [0.2, 0.25) is 0 Å². The summed E-state index contributed by atoms with van der Waals surface area (Å²) in [5, 5.41) is 9.54. The summed E-state index contributed by atoms with van der Waals surface area (Å²) in [7, 11) is 4.30. The van der Waals surface area contributed by atoms with Crippen molar-refractivity contribution in [2.75, 3.05) is 56.7 Å². The maximum atomic E-state index is 9.54. The number of aliphatic hydroxyl groups excluding tert-OH is 1. The summed E-state index contributed by atoms with van der Waals surface area (Å²) >= 11 is 0. The number of nitrogens with zero attached hydrogens (tertiary/aromatic N) is 5. The summed E-state index contributed by atoms with van der Waals surface area (Å²) in [5.74, 6) is 2.84. The Morgan fingerprint density at radius 2 is 1.88 bits per heavy atom. The van der Waals surface area contributed by atoms with E-state index in [4.69, 9.17) is 0 Å². The zero-order valence-electron chi connectivity index (χ0n) is 15.1. The molecule has 2 aliphatic heterocycles. The van der Waals surface area contributed by atoms with E-state index in [0.717, 1.165) is 50.0 Å². The molecule has 3 rings (SSSR count). The van der Waals surface area contributed by atoms with Gasteiger partial charge in [0.15, 0.2) is 0 Å². The fourth-order valence-electron chi connectivity index (χ4n) is 3.89. The highest BCUT2D eigenvalue weighted by Crippen LogP contribution is 2.28. The molecular weight excluding hydrogens is 302 g/mol. The molecular formula is C18H31N5O. The molecule has 0 amide bonds. The highest BCUT2D eigenvalue weighted by molar-refractivity contribution is 5.51. The second kappa shape index (κ2) is 8.12. The molecule has 0 saturated carbocycles. The first-order valence-electron chi connectivity index (χ1n) is 9.26. The molecule has 1 N–H and O–H groups in total. The summed E-state index contributed by atoms with van der Waals surface area (Å²) in [4.78, 5) is 15.8. The normalized spacial score (nSPS) is 22.6. The lowest BCUT2D eigenvalue weighted by Crippen LogP contribution is -2.36. The quantitative estimate of drug-likeness (QED) is 0.853. The molecule has 0 aliphatic carbocycles. The molecule has 3 heterocycles. The molecule has 1 aromatic heterocycles. The first-order chi connectivity index (χ1) is 11.7. The minimum atomic E-state index is 0.205. The third-order valence-corrected chi connectivity index (χ3v) is 5.44. The Labute approximate surface area is 145 Å². The van der Waals surface area contributed by atoms with E-state index < -0.39 is 0 Å². The summed E-state index contributed by atoms with van der Waals surface area (Å²) in [6, 6.07) is 2.32. The molecule has 2 saturated heterocycles. The van der Waals surface area contributed by atoms with Crippen molar-refractivity contribution in [3.8, 4) is 0 Å². The number of rotatable bonds is 6. The van der Waals surface area contributed by atoms with Gasteiger partial charge < -0.3 is 19.8 Å². The summed E-state index contributed by atoms with van der Waals surface area (Å²) in [6.07, 6.45) is 7.64. The number of hydrogen-bond donors (Lipinski definition) is 1. The topological polar surface area (TPSA) is 55.7 Å². The van der Waals surface area contributed by atoms with Gasteiger partial charge in [0.25, 0.3) is 0 Å². The Balaban J connectivity index is 1.59. The molecule has 24 heavy (non-hydrogen) atoms. The monoisotopic (exact) mass is 333 g/mol. The maximum absolute atomic E-state index is 9.54. The number of piperidine rings is 1. The minimum absolute atomic E-state index is 0.205. The molecule has 0 spiro atoms. The van der Waals surface area contributed by atoms with Gasteiger partial charge in [-0.1, -0.05) is 0 Å². The smallest absolute Gasteiger partial charge is 0.134 e. The van der Waals surface area contributed by atoms with Crippen LogP contribution in [-0.2, 0) is 0 Å². The minimum Gasteiger partial charge on any atom is -0.394 e. The molecule has 134 valence electrons. The van der Waals surface area contributed by atoms with E-state index in [9.17, 15) is 5.11 Å². The van der Waals surface area contributed by atoms with Crippen LogP contribution in [0.15, 0.2) is 12.4 Å². The molecule has 1 aromatic rings. The Hall–Kier alpha value is -1.40. The Bertz CT molecular complexity index is 516. The van der Waals surface area contributed by atoms with Crippen LogP contribution in [-0.4, -0.2) is 72.9 Å². The summed E-state index contributed by atoms with van der Waals surface area (Å²) < 4.78 is 0. The van der Waals surface area contributed by atoms with Crippen molar-refractivity contribution in [3.63, 3.8) is 0 Å². The molecule has 0 unspecified atom stereocenters. The van der Waals surface area contributed by atoms with Gasteiger partial charge in [0.05, 0.1) is 12.6 Å². The summed E-state index contributed by atoms with van der Waals surface area (Å²) in [5.41, 5.74) is 0. The van der Waals surface area contributed by atoms with Gasteiger partial charge >= 0.3 is 0 Å². The molecule has 2 aliphatic rings. The number of aromatic nitrogens is 2. The van der Waals surface area contributed by atoms with Gasteiger partial charge in [-0.2, -0.15) is 0 Å². The third kappa shape index (κ3) is 4.16. The van der Waals surface area contributed by atoms with E-state index in [0.29, 0.717) is 0 Å². The Kier molecular flexibility index (Phi) is 5.89. The first-order valence-corrected chi connectivity index (χ1v) is 9.26. The second-order valence-corrected chi connectivity index (χ2v) is 7.43. The van der Waals surface area contributed by atoms with E-state index >= 15 is 0 Å². The van der Waals surface area contributed by atoms with Crippen LogP contribution < -0.4 is 9.80 Å². The molecule has 0 aromatic carbocycles. The molecule has 2 fully saturated rings. The Morgan fingerprint density at radius 1 is 1.12 bits per heavy atom. The highest BCUT2D eigenvalue weighted by atomic mass is 16.3. The van der Waals surface area contributed by atoms with Gasteiger partial charge in [-0.15, -0.1) is 0 Å². The van der Waals surface area contributed by atoms with E-state index in [1.165, 1.54) is 25.8 Å². The van der Waals surface area contributed by atoms with Crippen molar-refractivity contribution in [2.45, 2.75) is 38.1 Å².